The number of nitrogens with zero attached hydrogens (tertiary/aromatic N) is 3. The number of hydrogen-bond acceptors (Lipinski definition) is 4. The summed E-state index contributed by atoms with van der Waals surface area (Å²) in [5, 5.41) is 1.91. The molecule has 2 aromatic heterocycles. The Balaban J connectivity index is 2.41. The molecule has 0 aliphatic rings. The Labute approximate surface area is 118 Å². The molecular weight excluding hydrogens is 248 g/mol. The molecule has 2 heterocycles. The van der Waals surface area contributed by atoms with Gasteiger partial charge in [0.1, 0.15) is 11.6 Å². The van der Waals surface area contributed by atoms with Gasteiger partial charge in [0.05, 0.1) is 10.9 Å². The van der Waals surface area contributed by atoms with Crippen molar-refractivity contribution in [2.45, 2.75) is 33.6 Å². The second-order valence-corrected chi connectivity index (χ2v) is 5.63. The van der Waals surface area contributed by atoms with Crippen LogP contribution in [-0.4, -0.2) is 15.0 Å². The maximum absolute atomic E-state index is 6.07. The van der Waals surface area contributed by atoms with Gasteiger partial charge < -0.3 is 5.73 Å². The Kier molecular flexibility index (Phi) is 2.82. The molecule has 4 heteroatoms. The Hall–Kier alpha value is -2.23. The molecule has 1 aromatic carbocycles. The van der Waals surface area contributed by atoms with Crippen LogP contribution in [0.5, 0.6) is 0 Å². The van der Waals surface area contributed by atoms with Crippen LogP contribution < -0.4 is 5.73 Å². The summed E-state index contributed by atoms with van der Waals surface area (Å²) < 4.78 is 0. The first-order chi connectivity index (χ1) is 9.45. The van der Waals surface area contributed by atoms with E-state index in [1.165, 1.54) is 5.56 Å². The topological polar surface area (TPSA) is 64.7 Å². The third-order valence-electron chi connectivity index (χ3n) is 3.48. The molecule has 0 bridgehead atoms. The van der Waals surface area contributed by atoms with E-state index in [2.05, 4.69) is 49.8 Å². The van der Waals surface area contributed by atoms with E-state index in [0.29, 0.717) is 11.5 Å². The third-order valence-corrected chi connectivity index (χ3v) is 3.48. The van der Waals surface area contributed by atoms with Gasteiger partial charge in [-0.3, -0.25) is 0 Å². The molecule has 0 saturated carbocycles. The second kappa shape index (κ2) is 4.40. The zero-order valence-electron chi connectivity index (χ0n) is 12.2. The van der Waals surface area contributed by atoms with Crippen molar-refractivity contribution in [2.24, 2.45) is 0 Å². The minimum absolute atomic E-state index is 0.235. The highest BCUT2D eigenvalue weighted by molar-refractivity contribution is 5.97. The first kappa shape index (κ1) is 12.8. The Bertz CT molecular complexity index is 822. The standard InChI is InChI=1S/C16H18N4/c1-8(2)15-19-14(17)12-7-11-6-9(3)5-10(4)13(11)18-16(12)20-15/h5-8H,1-4H3,(H2,17,18,19,20). The maximum atomic E-state index is 6.07. The highest BCUT2D eigenvalue weighted by Crippen LogP contribution is 2.26. The highest BCUT2D eigenvalue weighted by atomic mass is 15.0. The normalized spacial score (nSPS) is 11.7. The molecule has 0 aliphatic heterocycles. The highest BCUT2D eigenvalue weighted by Gasteiger charge is 2.11. The lowest BCUT2D eigenvalue weighted by molar-refractivity contribution is 0.783. The monoisotopic (exact) mass is 266 g/mol. The maximum Gasteiger partial charge on any atom is 0.165 e. The summed E-state index contributed by atoms with van der Waals surface area (Å²) in [6.45, 7) is 8.26. The van der Waals surface area contributed by atoms with E-state index in [4.69, 9.17) is 10.7 Å². The molecule has 3 rings (SSSR count). The lowest BCUT2D eigenvalue weighted by Crippen LogP contribution is -2.04. The van der Waals surface area contributed by atoms with E-state index < -0.39 is 0 Å². The molecule has 20 heavy (non-hydrogen) atoms. The number of aromatic nitrogens is 3. The van der Waals surface area contributed by atoms with Gasteiger partial charge >= 0.3 is 0 Å². The molecule has 102 valence electrons. The zero-order chi connectivity index (χ0) is 14.4. The molecule has 3 aromatic rings. The SMILES string of the molecule is Cc1cc(C)c2nc3nc(C(C)C)nc(N)c3cc2c1. The molecule has 0 amide bonds. The van der Waals surface area contributed by atoms with Crippen LogP contribution in [0.1, 0.15) is 36.7 Å². The lowest BCUT2D eigenvalue weighted by atomic mass is 10.1. The first-order valence-electron chi connectivity index (χ1n) is 6.81. The fraction of sp³-hybridized carbons (Fsp3) is 0.312. The van der Waals surface area contributed by atoms with Crippen LogP contribution in [0.2, 0.25) is 0 Å². The molecule has 0 saturated heterocycles. The largest absolute Gasteiger partial charge is 0.383 e. The van der Waals surface area contributed by atoms with Crippen molar-refractivity contribution in [3.8, 4) is 0 Å². The van der Waals surface area contributed by atoms with Crippen molar-refractivity contribution in [3.63, 3.8) is 0 Å². The van der Waals surface area contributed by atoms with Gasteiger partial charge in [0.15, 0.2) is 5.65 Å². The van der Waals surface area contributed by atoms with Crippen molar-refractivity contribution < 1.29 is 0 Å². The molecule has 0 aliphatic carbocycles. The predicted molar refractivity (Wildman–Crippen MR) is 82.8 cm³/mol. The van der Waals surface area contributed by atoms with Gasteiger partial charge in [0.2, 0.25) is 0 Å². The second-order valence-electron chi connectivity index (χ2n) is 5.63. The van der Waals surface area contributed by atoms with E-state index in [1.807, 2.05) is 6.07 Å². The molecule has 4 nitrogen and oxygen atoms in total. The minimum atomic E-state index is 0.235. The Morgan fingerprint density at radius 3 is 2.45 bits per heavy atom. The van der Waals surface area contributed by atoms with E-state index in [9.17, 15) is 0 Å². The number of pyridine rings is 1. The molecule has 0 unspecified atom stereocenters. The number of anilines is 1. The summed E-state index contributed by atoms with van der Waals surface area (Å²) in [6, 6.07) is 6.29. The smallest absolute Gasteiger partial charge is 0.165 e. The number of fused-ring (bicyclic) bond motifs is 2. The number of hydrogen-bond donors (Lipinski definition) is 1. The number of benzene rings is 1. The molecule has 0 atom stereocenters. The van der Waals surface area contributed by atoms with Gasteiger partial charge in [-0.25, -0.2) is 15.0 Å². The summed E-state index contributed by atoms with van der Waals surface area (Å²) in [7, 11) is 0. The van der Waals surface area contributed by atoms with Crippen molar-refractivity contribution in [1.82, 2.24) is 15.0 Å². The minimum Gasteiger partial charge on any atom is -0.383 e. The van der Waals surface area contributed by atoms with Crippen LogP contribution in [0.3, 0.4) is 0 Å². The summed E-state index contributed by atoms with van der Waals surface area (Å²) in [5.41, 5.74) is 10.1. The van der Waals surface area contributed by atoms with E-state index >= 15 is 0 Å². The van der Waals surface area contributed by atoms with Crippen LogP contribution in [0.15, 0.2) is 18.2 Å². The number of aryl methyl sites for hydroxylation is 2. The first-order valence-corrected chi connectivity index (χ1v) is 6.81. The van der Waals surface area contributed by atoms with Gasteiger partial charge in [-0.15, -0.1) is 0 Å². The Morgan fingerprint density at radius 2 is 1.75 bits per heavy atom. The average Bonchev–Trinajstić information content (AvgIpc) is 2.37. The predicted octanol–water partition coefficient (Wildman–Crippen LogP) is 3.50. The number of nitrogen functional groups attached to an aromatic ring is 1. The number of rotatable bonds is 1. The number of nitrogens with two attached hydrogens (primary N) is 1. The van der Waals surface area contributed by atoms with E-state index in [1.54, 1.807) is 0 Å². The zero-order valence-corrected chi connectivity index (χ0v) is 12.2. The van der Waals surface area contributed by atoms with Crippen LogP contribution >= 0.6 is 0 Å². The van der Waals surface area contributed by atoms with E-state index in [0.717, 1.165) is 27.7 Å². The quantitative estimate of drug-likeness (QED) is 0.685. The molecule has 0 radical (unpaired) electrons. The van der Waals surface area contributed by atoms with Gasteiger partial charge in [-0.1, -0.05) is 25.5 Å². The Morgan fingerprint density at radius 1 is 1.00 bits per heavy atom. The average molecular weight is 266 g/mol. The van der Waals surface area contributed by atoms with Gasteiger partial charge in [0, 0.05) is 11.3 Å². The molecule has 0 spiro atoms. The van der Waals surface area contributed by atoms with Crippen LogP contribution in [0.4, 0.5) is 5.82 Å². The van der Waals surface area contributed by atoms with Crippen LogP contribution in [-0.2, 0) is 0 Å². The molecule has 2 N–H and O–H groups in total. The van der Waals surface area contributed by atoms with Crippen molar-refractivity contribution in [3.05, 3.63) is 35.2 Å². The summed E-state index contributed by atoms with van der Waals surface area (Å²) in [4.78, 5) is 13.6. The summed E-state index contributed by atoms with van der Waals surface area (Å²) >= 11 is 0. The van der Waals surface area contributed by atoms with Gasteiger partial charge in [-0.05, 0) is 31.5 Å². The van der Waals surface area contributed by atoms with Crippen LogP contribution in [0, 0.1) is 13.8 Å². The summed E-state index contributed by atoms with van der Waals surface area (Å²) in [6.07, 6.45) is 0. The fourth-order valence-corrected chi connectivity index (χ4v) is 2.49. The van der Waals surface area contributed by atoms with E-state index in [-0.39, 0.29) is 5.92 Å². The van der Waals surface area contributed by atoms with Crippen molar-refractivity contribution in [2.75, 3.05) is 5.73 Å². The molecule has 0 fully saturated rings. The summed E-state index contributed by atoms with van der Waals surface area (Å²) in [5.74, 6) is 1.48. The fourth-order valence-electron chi connectivity index (χ4n) is 2.49. The van der Waals surface area contributed by atoms with Gasteiger partial charge in [-0.2, -0.15) is 0 Å². The third kappa shape index (κ3) is 1.97. The molecular formula is C16H18N4. The van der Waals surface area contributed by atoms with Gasteiger partial charge in [0.25, 0.3) is 0 Å². The van der Waals surface area contributed by atoms with Crippen molar-refractivity contribution in [1.29, 1.82) is 0 Å². The lowest BCUT2D eigenvalue weighted by Gasteiger charge is -2.09. The van der Waals surface area contributed by atoms with Crippen LogP contribution in [0.25, 0.3) is 21.9 Å². The van der Waals surface area contributed by atoms with Crippen molar-refractivity contribution >= 4 is 27.8 Å².